The summed E-state index contributed by atoms with van der Waals surface area (Å²) in [5.74, 6) is -0.623. The Morgan fingerprint density at radius 3 is 2.21 bits per heavy atom. The van der Waals surface area contributed by atoms with Gasteiger partial charge in [-0.25, -0.2) is 8.42 Å². The number of nitrogens with one attached hydrogen (secondary N) is 1. The third kappa shape index (κ3) is 8.30. The quantitative estimate of drug-likeness (QED) is 0.289. The summed E-state index contributed by atoms with van der Waals surface area (Å²) >= 11 is 9.55. The molecule has 0 aliphatic carbocycles. The third-order valence-electron chi connectivity index (χ3n) is 6.10. The van der Waals surface area contributed by atoms with Crippen LogP contribution in [0.1, 0.15) is 31.9 Å². The van der Waals surface area contributed by atoms with E-state index >= 15 is 0 Å². The van der Waals surface area contributed by atoms with Crippen molar-refractivity contribution >= 4 is 55.1 Å². The van der Waals surface area contributed by atoms with Crippen molar-refractivity contribution in [1.82, 2.24) is 10.2 Å². The molecule has 0 saturated heterocycles. The summed E-state index contributed by atoms with van der Waals surface area (Å²) in [6.45, 7) is 7.49. The maximum Gasteiger partial charge on any atom is 0.264 e. The number of amides is 2. The van der Waals surface area contributed by atoms with Crippen molar-refractivity contribution in [3.05, 3.63) is 93.4 Å². The zero-order valence-corrected chi connectivity index (χ0v) is 25.6. The van der Waals surface area contributed by atoms with Gasteiger partial charge in [0.15, 0.2) is 0 Å². The van der Waals surface area contributed by atoms with E-state index in [1.807, 2.05) is 20.8 Å². The Bertz CT molecular complexity index is 1400. The van der Waals surface area contributed by atoms with Gasteiger partial charge in [-0.05, 0) is 73.9 Å². The number of carbonyl (C=O) groups is 2. The number of sulfonamides is 1. The van der Waals surface area contributed by atoms with Gasteiger partial charge in [-0.1, -0.05) is 71.2 Å². The fourth-order valence-electron chi connectivity index (χ4n) is 3.84. The predicted molar refractivity (Wildman–Crippen MR) is 159 cm³/mol. The average Bonchev–Trinajstić information content (AvgIpc) is 2.89. The Balaban J connectivity index is 2.01. The van der Waals surface area contributed by atoms with E-state index in [9.17, 15) is 18.0 Å². The van der Waals surface area contributed by atoms with E-state index in [-0.39, 0.29) is 23.3 Å². The van der Waals surface area contributed by atoms with Gasteiger partial charge in [-0.2, -0.15) is 0 Å². The van der Waals surface area contributed by atoms with Crippen molar-refractivity contribution in [2.75, 3.05) is 17.4 Å². The van der Waals surface area contributed by atoms with Crippen LogP contribution < -0.4 is 9.62 Å². The molecule has 3 rings (SSSR count). The van der Waals surface area contributed by atoms with Crippen molar-refractivity contribution in [1.29, 1.82) is 0 Å². The highest BCUT2D eigenvalue weighted by atomic mass is 79.9. The van der Waals surface area contributed by atoms with E-state index in [0.717, 1.165) is 19.9 Å². The van der Waals surface area contributed by atoms with Crippen LogP contribution in [0.4, 0.5) is 5.69 Å². The monoisotopic (exact) mass is 633 g/mol. The molecule has 1 N–H and O–H groups in total. The number of aryl methyl sites for hydroxylation is 1. The van der Waals surface area contributed by atoms with E-state index in [1.54, 1.807) is 67.6 Å². The highest BCUT2D eigenvalue weighted by molar-refractivity contribution is 9.10. The van der Waals surface area contributed by atoms with Crippen LogP contribution in [0.2, 0.25) is 5.02 Å². The molecule has 0 heterocycles. The number of nitrogens with zero attached hydrogens (tertiary/aromatic N) is 2. The lowest BCUT2D eigenvalue weighted by molar-refractivity contribution is -0.139. The Kier molecular flexibility index (Phi) is 10.6. The summed E-state index contributed by atoms with van der Waals surface area (Å²) in [6.07, 6.45) is 0. The van der Waals surface area contributed by atoms with E-state index in [4.69, 9.17) is 11.6 Å². The molecule has 208 valence electrons. The molecule has 7 nitrogen and oxygen atoms in total. The largest absolute Gasteiger partial charge is 0.354 e. The second-order valence-corrected chi connectivity index (χ2v) is 13.0. The van der Waals surface area contributed by atoms with Crippen LogP contribution in [0, 0.1) is 12.8 Å². The zero-order valence-electron chi connectivity index (χ0n) is 22.4. The molecule has 3 aromatic carbocycles. The van der Waals surface area contributed by atoms with E-state index in [0.29, 0.717) is 17.3 Å². The molecule has 0 aliphatic heterocycles. The van der Waals surface area contributed by atoms with Crippen molar-refractivity contribution in [2.45, 2.75) is 45.2 Å². The van der Waals surface area contributed by atoms with Crippen LogP contribution in [0.25, 0.3) is 0 Å². The fourth-order valence-corrected chi connectivity index (χ4v) is 5.73. The first-order chi connectivity index (χ1) is 18.4. The molecule has 0 aliphatic rings. The maximum atomic E-state index is 13.9. The lowest BCUT2D eigenvalue weighted by atomic mass is 10.1. The average molecular weight is 635 g/mol. The summed E-state index contributed by atoms with van der Waals surface area (Å²) in [4.78, 5) is 28.4. The molecular weight excluding hydrogens is 602 g/mol. The molecule has 3 aromatic rings. The Hall–Kier alpha value is -2.88. The van der Waals surface area contributed by atoms with Crippen LogP contribution in [0.5, 0.6) is 0 Å². The first-order valence-electron chi connectivity index (χ1n) is 12.5. The smallest absolute Gasteiger partial charge is 0.264 e. The molecule has 39 heavy (non-hydrogen) atoms. The first-order valence-corrected chi connectivity index (χ1v) is 15.2. The molecule has 1 atom stereocenters. The number of hydrogen-bond donors (Lipinski definition) is 1. The molecular formula is C29H33BrClN3O4S. The Morgan fingerprint density at radius 2 is 1.62 bits per heavy atom. The van der Waals surface area contributed by atoms with Gasteiger partial charge in [0.1, 0.15) is 12.6 Å². The van der Waals surface area contributed by atoms with Gasteiger partial charge >= 0.3 is 0 Å². The van der Waals surface area contributed by atoms with E-state index in [1.165, 1.54) is 17.0 Å². The fraction of sp³-hybridized carbons (Fsp3) is 0.310. The summed E-state index contributed by atoms with van der Waals surface area (Å²) in [6, 6.07) is 19.3. The second kappa shape index (κ2) is 13.5. The maximum absolute atomic E-state index is 13.9. The zero-order chi connectivity index (χ0) is 28.7. The van der Waals surface area contributed by atoms with Gasteiger partial charge in [0.2, 0.25) is 11.8 Å². The van der Waals surface area contributed by atoms with E-state index in [2.05, 4.69) is 21.2 Å². The molecule has 2 amide bonds. The second-order valence-electron chi connectivity index (χ2n) is 9.77. The molecule has 0 saturated carbocycles. The minimum absolute atomic E-state index is 0.0629. The SMILES string of the molecule is Cc1ccc(S(=O)(=O)N(CC(=O)N(Cc2cccc(Cl)c2)[C@@H](C)C(=O)NCC(C)C)c2ccc(Br)cc2)cc1. The lowest BCUT2D eigenvalue weighted by Gasteiger charge is -2.32. The molecule has 0 fully saturated rings. The predicted octanol–water partition coefficient (Wildman–Crippen LogP) is 5.80. The number of hydrogen-bond acceptors (Lipinski definition) is 4. The highest BCUT2D eigenvalue weighted by Gasteiger charge is 2.32. The number of rotatable bonds is 11. The Labute approximate surface area is 244 Å². The topological polar surface area (TPSA) is 86.8 Å². The first kappa shape index (κ1) is 30.7. The van der Waals surface area contributed by atoms with E-state index < -0.39 is 28.5 Å². The van der Waals surface area contributed by atoms with Crippen LogP contribution >= 0.6 is 27.5 Å². The van der Waals surface area contributed by atoms with Crippen molar-refractivity contribution in [3.63, 3.8) is 0 Å². The summed E-state index contributed by atoms with van der Waals surface area (Å²) in [7, 11) is -4.11. The van der Waals surface area contributed by atoms with Gasteiger partial charge in [0, 0.05) is 22.6 Å². The summed E-state index contributed by atoms with van der Waals surface area (Å²) in [5.41, 5.74) is 1.96. The van der Waals surface area contributed by atoms with Gasteiger partial charge in [0.05, 0.1) is 10.6 Å². The molecule has 0 aromatic heterocycles. The normalized spacial score (nSPS) is 12.2. The molecule has 0 unspecified atom stereocenters. The number of anilines is 1. The van der Waals surface area contributed by atoms with Gasteiger partial charge in [-0.15, -0.1) is 0 Å². The van der Waals surface area contributed by atoms with Gasteiger partial charge < -0.3 is 10.2 Å². The molecule has 0 radical (unpaired) electrons. The van der Waals surface area contributed by atoms with Crippen LogP contribution in [-0.4, -0.2) is 44.3 Å². The summed E-state index contributed by atoms with van der Waals surface area (Å²) in [5, 5.41) is 3.37. The molecule has 10 heteroatoms. The van der Waals surface area contributed by atoms with Gasteiger partial charge in [0.25, 0.3) is 10.0 Å². The van der Waals surface area contributed by atoms with Crippen molar-refractivity contribution < 1.29 is 18.0 Å². The standard InChI is InChI=1S/C29H33BrClN3O4S/c1-20(2)17-32-29(36)22(4)33(18-23-6-5-7-25(31)16-23)28(35)19-34(26-12-10-24(30)11-13-26)39(37,38)27-14-8-21(3)9-15-27/h5-16,20,22H,17-19H2,1-4H3,(H,32,36)/t22-/m0/s1. The van der Waals surface area contributed by atoms with Gasteiger partial charge in [-0.3, -0.25) is 13.9 Å². The van der Waals surface area contributed by atoms with Crippen molar-refractivity contribution in [2.24, 2.45) is 5.92 Å². The van der Waals surface area contributed by atoms with Crippen LogP contribution in [0.3, 0.4) is 0 Å². The Morgan fingerprint density at radius 1 is 0.974 bits per heavy atom. The molecule has 0 spiro atoms. The van der Waals surface area contributed by atoms with Crippen LogP contribution in [-0.2, 0) is 26.2 Å². The minimum atomic E-state index is -4.11. The highest BCUT2D eigenvalue weighted by Crippen LogP contribution is 2.26. The molecule has 0 bridgehead atoms. The number of halogens is 2. The number of benzene rings is 3. The van der Waals surface area contributed by atoms with Crippen molar-refractivity contribution in [3.8, 4) is 0 Å². The minimum Gasteiger partial charge on any atom is -0.354 e. The lowest BCUT2D eigenvalue weighted by Crippen LogP contribution is -2.51. The summed E-state index contributed by atoms with van der Waals surface area (Å²) < 4.78 is 29.5. The van der Waals surface area contributed by atoms with Crippen LogP contribution in [0.15, 0.2) is 82.2 Å². The third-order valence-corrected chi connectivity index (χ3v) is 8.65. The number of carbonyl (C=O) groups excluding carboxylic acids is 2.